The summed E-state index contributed by atoms with van der Waals surface area (Å²) in [6.07, 6.45) is 22.8. The molecule has 1 aliphatic rings. The molecule has 0 aliphatic heterocycles. The van der Waals surface area contributed by atoms with Gasteiger partial charge in [-0.15, -0.1) is 0 Å². The van der Waals surface area contributed by atoms with Crippen molar-refractivity contribution < 1.29 is 58.3 Å². The number of ether oxygens (including phenoxy) is 2. The molecule has 6 atom stereocenters. The van der Waals surface area contributed by atoms with Gasteiger partial charge in [0.1, 0.15) is 42.7 Å². The van der Waals surface area contributed by atoms with Crippen LogP contribution in [-0.2, 0) is 27.9 Å². The fraction of sp³-hybridized carbons (Fsp3) is 0.929. The first kappa shape index (κ1) is 52.1. The van der Waals surface area contributed by atoms with E-state index in [2.05, 4.69) is 26.0 Å². The predicted molar refractivity (Wildman–Crippen MR) is 217 cm³/mol. The predicted octanol–water partition coefficient (Wildman–Crippen LogP) is 8.36. The molecule has 326 valence electrons. The Kier molecular flexibility index (Phi) is 32.2. The molecule has 1 rings (SSSR count). The molecule has 12 nitrogen and oxygen atoms in total. The van der Waals surface area contributed by atoms with Crippen molar-refractivity contribution in [2.75, 3.05) is 19.8 Å². The van der Waals surface area contributed by atoms with Crippen molar-refractivity contribution in [3.05, 3.63) is 12.2 Å². The van der Waals surface area contributed by atoms with Crippen LogP contribution in [-0.4, -0.2) is 98.9 Å². The van der Waals surface area contributed by atoms with E-state index in [1.54, 1.807) is 0 Å². The van der Waals surface area contributed by atoms with Crippen LogP contribution in [0.3, 0.4) is 0 Å². The van der Waals surface area contributed by atoms with Crippen LogP contribution in [0.15, 0.2) is 12.2 Å². The van der Waals surface area contributed by atoms with E-state index in [9.17, 15) is 39.8 Å². The Labute approximate surface area is 333 Å². The molecule has 0 radical (unpaired) electrons. The average Bonchev–Trinajstić information content (AvgIpc) is 3.17. The van der Waals surface area contributed by atoms with E-state index in [1.807, 2.05) is 0 Å². The summed E-state index contributed by atoms with van der Waals surface area (Å²) in [6, 6.07) is 0. The Bertz CT molecular complexity index is 968. The lowest BCUT2D eigenvalue weighted by atomic mass is 9.85. The van der Waals surface area contributed by atoms with E-state index in [0.717, 1.165) is 57.8 Å². The Morgan fingerprint density at radius 2 is 0.964 bits per heavy atom. The monoisotopic (exact) mass is 809 g/mol. The molecule has 6 unspecified atom stereocenters. The van der Waals surface area contributed by atoms with E-state index < -0.39 is 63.1 Å². The number of carbonyl (C=O) groups is 1. The molecule has 0 amide bonds. The second-order valence-electron chi connectivity index (χ2n) is 15.6. The van der Waals surface area contributed by atoms with Gasteiger partial charge in [0, 0.05) is 13.0 Å². The molecule has 1 saturated carbocycles. The molecule has 0 aromatic carbocycles. The van der Waals surface area contributed by atoms with Crippen LogP contribution in [0.5, 0.6) is 0 Å². The largest absolute Gasteiger partial charge is 0.472 e. The zero-order valence-corrected chi connectivity index (χ0v) is 35.4. The quantitative estimate of drug-likeness (QED) is 0.0152. The summed E-state index contributed by atoms with van der Waals surface area (Å²) in [5.41, 5.74) is 0. The van der Waals surface area contributed by atoms with Crippen molar-refractivity contribution in [3.63, 3.8) is 0 Å². The van der Waals surface area contributed by atoms with Crippen molar-refractivity contribution >= 4 is 13.8 Å². The second-order valence-corrected chi connectivity index (χ2v) is 17.0. The number of phosphoric ester groups is 1. The summed E-state index contributed by atoms with van der Waals surface area (Å²) in [7, 11) is -5.01. The van der Waals surface area contributed by atoms with Crippen molar-refractivity contribution in [2.45, 2.75) is 230 Å². The van der Waals surface area contributed by atoms with Gasteiger partial charge in [0.25, 0.3) is 0 Å². The Balaban J connectivity index is 2.42. The number of aliphatic hydroxyl groups excluding tert-OH is 5. The van der Waals surface area contributed by atoms with E-state index in [-0.39, 0.29) is 13.0 Å². The Morgan fingerprint density at radius 3 is 1.44 bits per heavy atom. The molecule has 6 N–H and O–H groups in total. The summed E-state index contributed by atoms with van der Waals surface area (Å²) in [5, 5.41) is 50.1. The maximum absolute atomic E-state index is 12.8. The number of phosphoric acid groups is 1. The molecule has 0 saturated heterocycles. The van der Waals surface area contributed by atoms with Crippen LogP contribution < -0.4 is 0 Å². The Hall–Kier alpha value is -0.920. The van der Waals surface area contributed by atoms with Gasteiger partial charge in [0.2, 0.25) is 0 Å². The maximum atomic E-state index is 12.8. The molecule has 0 spiro atoms. The number of esters is 1. The van der Waals surface area contributed by atoms with Crippen LogP contribution in [0.1, 0.15) is 187 Å². The molecule has 1 fully saturated rings. The topological polar surface area (TPSA) is 192 Å². The van der Waals surface area contributed by atoms with E-state index in [4.69, 9.17) is 18.5 Å². The average molecular weight is 809 g/mol. The van der Waals surface area contributed by atoms with Crippen LogP contribution >= 0.6 is 7.82 Å². The van der Waals surface area contributed by atoms with Crippen LogP contribution in [0.25, 0.3) is 0 Å². The molecular formula is C42H81O12P. The highest BCUT2D eigenvalue weighted by atomic mass is 31.2. The standard InChI is InChI=1S/C42H81O12P/c1-3-5-7-9-11-13-15-17-18-19-21-23-25-27-29-31-36(43)53-35(33-51-32-30-28-26-24-22-20-16-14-12-10-8-6-4-2)34-52-55(49,50)54-42-40(47)38(45)37(44)39(46)41(42)48/h17-18,35,37-42,44-48H,3-16,19-34H2,1-2H3,(H,49,50)/b18-17-. The van der Waals surface area contributed by atoms with Crippen LogP contribution in [0.2, 0.25) is 0 Å². The number of rotatable bonds is 37. The zero-order valence-electron chi connectivity index (χ0n) is 34.5. The lowest BCUT2D eigenvalue weighted by molar-refractivity contribution is -0.220. The normalized spacial score (nSPS) is 23.3. The minimum Gasteiger partial charge on any atom is -0.457 e. The number of carbonyl (C=O) groups excluding carboxylic acids is 1. The minimum atomic E-state index is -5.01. The molecule has 0 bridgehead atoms. The number of hydrogen-bond acceptors (Lipinski definition) is 11. The van der Waals surface area contributed by atoms with Gasteiger partial charge in [0.15, 0.2) is 0 Å². The zero-order chi connectivity index (χ0) is 40.6. The molecule has 0 aromatic rings. The van der Waals surface area contributed by atoms with Crippen molar-refractivity contribution in [1.82, 2.24) is 0 Å². The first-order chi connectivity index (χ1) is 26.5. The smallest absolute Gasteiger partial charge is 0.457 e. The van der Waals surface area contributed by atoms with Gasteiger partial charge < -0.3 is 39.9 Å². The van der Waals surface area contributed by atoms with Gasteiger partial charge in [-0.1, -0.05) is 154 Å². The first-order valence-corrected chi connectivity index (χ1v) is 23.5. The van der Waals surface area contributed by atoms with Gasteiger partial charge in [-0.25, -0.2) is 4.57 Å². The third-order valence-electron chi connectivity index (χ3n) is 10.4. The molecule has 55 heavy (non-hydrogen) atoms. The third kappa shape index (κ3) is 26.7. The number of allylic oxidation sites excluding steroid dienone is 2. The summed E-state index contributed by atoms with van der Waals surface area (Å²) in [5.74, 6) is -0.483. The van der Waals surface area contributed by atoms with Gasteiger partial charge >= 0.3 is 13.8 Å². The van der Waals surface area contributed by atoms with E-state index >= 15 is 0 Å². The fourth-order valence-corrected chi connectivity index (χ4v) is 7.79. The lowest BCUT2D eigenvalue weighted by Gasteiger charge is -2.41. The van der Waals surface area contributed by atoms with E-state index in [0.29, 0.717) is 13.0 Å². The van der Waals surface area contributed by atoms with E-state index in [1.165, 1.54) is 103 Å². The summed E-state index contributed by atoms with van der Waals surface area (Å²) < 4.78 is 34.1. The molecule has 13 heteroatoms. The van der Waals surface area contributed by atoms with Crippen molar-refractivity contribution in [2.24, 2.45) is 0 Å². The minimum absolute atomic E-state index is 0.0747. The Morgan fingerprint density at radius 1 is 0.564 bits per heavy atom. The van der Waals surface area contributed by atoms with Crippen LogP contribution in [0, 0.1) is 0 Å². The molecule has 0 aromatic heterocycles. The van der Waals surface area contributed by atoms with Crippen molar-refractivity contribution in [3.8, 4) is 0 Å². The summed E-state index contributed by atoms with van der Waals surface area (Å²) in [4.78, 5) is 23.1. The highest BCUT2D eigenvalue weighted by molar-refractivity contribution is 7.47. The third-order valence-corrected chi connectivity index (χ3v) is 11.4. The van der Waals surface area contributed by atoms with Gasteiger partial charge in [0.05, 0.1) is 13.2 Å². The van der Waals surface area contributed by atoms with Gasteiger partial charge in [-0.3, -0.25) is 13.8 Å². The summed E-state index contributed by atoms with van der Waals surface area (Å²) in [6.45, 7) is 4.25. The summed E-state index contributed by atoms with van der Waals surface area (Å²) >= 11 is 0. The van der Waals surface area contributed by atoms with Crippen molar-refractivity contribution in [1.29, 1.82) is 0 Å². The van der Waals surface area contributed by atoms with Gasteiger partial charge in [-0.2, -0.15) is 0 Å². The first-order valence-electron chi connectivity index (χ1n) is 22.0. The van der Waals surface area contributed by atoms with Crippen LogP contribution in [0.4, 0.5) is 0 Å². The molecule has 1 aliphatic carbocycles. The number of hydrogen-bond donors (Lipinski definition) is 6. The second kappa shape index (κ2) is 34.0. The SMILES string of the molecule is CCCCCCCC/C=C\CCCCCCCC(=O)OC(COCCCCCCCCCCCCCCC)COP(=O)(O)OC1C(O)C(O)C(O)C(O)C1O. The molecular weight excluding hydrogens is 727 g/mol. The lowest BCUT2D eigenvalue weighted by Crippen LogP contribution is -2.64. The number of unbranched alkanes of at least 4 members (excludes halogenated alkanes) is 23. The molecule has 0 heterocycles. The maximum Gasteiger partial charge on any atom is 0.472 e. The van der Waals surface area contributed by atoms with Gasteiger partial charge in [-0.05, 0) is 38.5 Å². The highest BCUT2D eigenvalue weighted by Gasteiger charge is 2.51. The number of aliphatic hydroxyl groups is 5. The highest BCUT2D eigenvalue weighted by Crippen LogP contribution is 2.47. The fourth-order valence-electron chi connectivity index (χ4n) is 6.82.